The molecule has 0 heterocycles. The van der Waals surface area contributed by atoms with E-state index in [2.05, 4.69) is 24.3 Å². The van der Waals surface area contributed by atoms with Crippen molar-refractivity contribution in [3.8, 4) is 0 Å². The average molecular weight is 353 g/mol. The monoisotopic (exact) mass is 352 g/mol. The fraction of sp³-hybridized carbons (Fsp3) is 0.846. The summed E-state index contributed by atoms with van der Waals surface area (Å²) in [5, 5.41) is 0. The van der Waals surface area contributed by atoms with Crippen LogP contribution in [0.4, 0.5) is 0 Å². The maximum Gasteiger partial charge on any atom is -0.0197 e. The van der Waals surface area contributed by atoms with Crippen LogP contribution in [0.1, 0.15) is 89.9 Å². The van der Waals surface area contributed by atoms with Crippen LogP contribution in [0.5, 0.6) is 0 Å². The molecule has 0 aromatic carbocycles. The summed E-state index contributed by atoms with van der Waals surface area (Å²) in [6.45, 7) is 0. The van der Waals surface area contributed by atoms with Gasteiger partial charge in [0.05, 0.1) is 0 Å². The largest absolute Gasteiger partial charge is 0.0851 e. The Kier molecular flexibility index (Phi) is 5.30. The van der Waals surface area contributed by atoms with Gasteiger partial charge in [-0.15, -0.1) is 0 Å². The van der Waals surface area contributed by atoms with E-state index in [0.717, 1.165) is 47.3 Å². The van der Waals surface area contributed by atoms with E-state index in [0.29, 0.717) is 0 Å². The maximum atomic E-state index is 2.52. The first kappa shape index (κ1) is 17.6. The molecule has 0 amide bonds. The molecule has 0 aromatic rings. The number of allylic oxidation sites excluding steroid dienone is 4. The van der Waals surface area contributed by atoms with Gasteiger partial charge in [-0.1, -0.05) is 88.5 Å². The van der Waals surface area contributed by atoms with Crippen LogP contribution in [-0.2, 0) is 0 Å². The first-order valence-corrected chi connectivity index (χ1v) is 12.2. The highest BCUT2D eigenvalue weighted by molar-refractivity contribution is 5.12. The van der Waals surface area contributed by atoms with Crippen LogP contribution in [-0.4, -0.2) is 0 Å². The summed E-state index contributed by atoms with van der Waals surface area (Å²) in [6, 6.07) is 0. The molecule has 0 spiro atoms. The van der Waals surface area contributed by atoms with Crippen LogP contribution >= 0.6 is 0 Å². The zero-order chi connectivity index (χ0) is 17.3. The van der Waals surface area contributed by atoms with E-state index in [1.165, 1.54) is 64.2 Å². The van der Waals surface area contributed by atoms with Crippen molar-refractivity contribution in [1.29, 1.82) is 0 Å². The summed E-state index contributed by atoms with van der Waals surface area (Å²) < 4.78 is 0. The van der Waals surface area contributed by atoms with Gasteiger partial charge in [0.1, 0.15) is 0 Å². The van der Waals surface area contributed by atoms with E-state index < -0.39 is 0 Å². The number of hydrogen-bond donors (Lipinski definition) is 0. The number of hydrogen-bond acceptors (Lipinski definition) is 0. The van der Waals surface area contributed by atoms with Crippen molar-refractivity contribution in [3.63, 3.8) is 0 Å². The smallest absolute Gasteiger partial charge is 0.0197 e. The lowest BCUT2D eigenvalue weighted by Gasteiger charge is -2.31. The molecule has 0 aromatic heterocycles. The molecule has 6 aliphatic carbocycles. The number of fused-ring (bicyclic) bond motifs is 4. The molecule has 4 fully saturated rings. The van der Waals surface area contributed by atoms with Crippen LogP contribution in [0.3, 0.4) is 0 Å². The average Bonchev–Trinajstić information content (AvgIpc) is 3.51. The Bertz CT molecular complexity index is 468. The molecule has 144 valence electrons. The second-order valence-electron chi connectivity index (χ2n) is 10.7. The van der Waals surface area contributed by atoms with Crippen molar-refractivity contribution in [2.24, 2.45) is 47.3 Å². The quantitative estimate of drug-likeness (QED) is 0.450. The van der Waals surface area contributed by atoms with E-state index in [1.54, 1.807) is 25.7 Å². The minimum atomic E-state index is 0.983. The van der Waals surface area contributed by atoms with Gasteiger partial charge in [0.2, 0.25) is 0 Å². The van der Waals surface area contributed by atoms with E-state index in [4.69, 9.17) is 0 Å². The van der Waals surface area contributed by atoms with Gasteiger partial charge in [-0.25, -0.2) is 0 Å². The molecule has 6 atom stereocenters. The van der Waals surface area contributed by atoms with E-state index >= 15 is 0 Å². The molecule has 0 nitrogen and oxygen atoms in total. The Morgan fingerprint density at radius 1 is 0.423 bits per heavy atom. The molecule has 0 radical (unpaired) electrons. The highest BCUT2D eigenvalue weighted by atomic mass is 14.5. The molecule has 4 saturated carbocycles. The third-order valence-corrected chi connectivity index (χ3v) is 9.17. The molecule has 26 heavy (non-hydrogen) atoms. The van der Waals surface area contributed by atoms with Gasteiger partial charge in [-0.05, 0) is 73.0 Å². The van der Waals surface area contributed by atoms with Crippen LogP contribution < -0.4 is 0 Å². The molecule has 0 heteroatoms. The van der Waals surface area contributed by atoms with Gasteiger partial charge >= 0.3 is 0 Å². The highest BCUT2D eigenvalue weighted by Crippen LogP contribution is 2.50. The standard InChI is InChI=1S/2C13H20/c2*1-2-4-11(5-3-1)13-9-10-6-7-12(13)8-10/h2*6-7,10-13H,1-5,8-9H2. The minimum absolute atomic E-state index is 0.983. The molecule has 6 unspecified atom stereocenters. The second-order valence-corrected chi connectivity index (χ2v) is 10.7. The summed E-state index contributed by atoms with van der Waals surface area (Å²) in [4.78, 5) is 0. The first-order chi connectivity index (χ1) is 12.9. The van der Waals surface area contributed by atoms with Crippen LogP contribution in [0.25, 0.3) is 0 Å². The molecule has 0 aliphatic heterocycles. The SMILES string of the molecule is C1=CC2CC1CC2C1CCCCC1.C1=CC2CC1CC2C1CCCCC1. The second kappa shape index (κ2) is 7.84. The van der Waals surface area contributed by atoms with Crippen molar-refractivity contribution in [1.82, 2.24) is 0 Å². The van der Waals surface area contributed by atoms with Gasteiger partial charge in [-0.2, -0.15) is 0 Å². The fourth-order valence-corrected chi connectivity index (χ4v) is 7.86. The summed E-state index contributed by atoms with van der Waals surface area (Å²) in [7, 11) is 0. The Morgan fingerprint density at radius 3 is 1.15 bits per heavy atom. The molecule has 0 N–H and O–H groups in total. The molecular weight excluding hydrogens is 312 g/mol. The van der Waals surface area contributed by atoms with E-state index in [9.17, 15) is 0 Å². The van der Waals surface area contributed by atoms with E-state index in [1.807, 2.05) is 0 Å². The van der Waals surface area contributed by atoms with Crippen LogP contribution in [0, 0.1) is 47.3 Å². The van der Waals surface area contributed by atoms with Gasteiger partial charge in [0, 0.05) is 0 Å². The first-order valence-electron chi connectivity index (χ1n) is 12.2. The lowest BCUT2D eigenvalue weighted by molar-refractivity contribution is 0.219. The third kappa shape index (κ3) is 3.59. The van der Waals surface area contributed by atoms with Crippen LogP contribution in [0.15, 0.2) is 24.3 Å². The van der Waals surface area contributed by atoms with Crippen molar-refractivity contribution in [2.75, 3.05) is 0 Å². The Morgan fingerprint density at radius 2 is 0.846 bits per heavy atom. The minimum Gasteiger partial charge on any atom is -0.0851 e. The van der Waals surface area contributed by atoms with Crippen molar-refractivity contribution in [2.45, 2.75) is 89.9 Å². The summed E-state index contributed by atoms with van der Waals surface area (Å²) in [5.74, 6) is 8.35. The Hall–Kier alpha value is -0.520. The van der Waals surface area contributed by atoms with Gasteiger partial charge in [0.25, 0.3) is 0 Å². The fourth-order valence-electron chi connectivity index (χ4n) is 7.86. The van der Waals surface area contributed by atoms with Gasteiger partial charge < -0.3 is 0 Å². The molecule has 6 aliphatic rings. The predicted molar refractivity (Wildman–Crippen MR) is 111 cm³/mol. The predicted octanol–water partition coefficient (Wildman–Crippen LogP) is 7.56. The van der Waals surface area contributed by atoms with Gasteiger partial charge in [-0.3, -0.25) is 0 Å². The van der Waals surface area contributed by atoms with Crippen LogP contribution in [0.2, 0.25) is 0 Å². The normalized spacial score (nSPS) is 44.5. The Balaban J connectivity index is 0.000000115. The number of rotatable bonds is 2. The molecule has 4 bridgehead atoms. The molecule has 6 rings (SSSR count). The van der Waals surface area contributed by atoms with Gasteiger partial charge in [0.15, 0.2) is 0 Å². The molecule has 0 saturated heterocycles. The van der Waals surface area contributed by atoms with Crippen molar-refractivity contribution in [3.05, 3.63) is 24.3 Å². The Labute approximate surface area is 161 Å². The summed E-state index contributed by atoms with van der Waals surface area (Å²) >= 11 is 0. The zero-order valence-corrected chi connectivity index (χ0v) is 16.8. The zero-order valence-electron chi connectivity index (χ0n) is 16.8. The lowest BCUT2D eigenvalue weighted by Crippen LogP contribution is -2.21. The molecular formula is C26H40. The maximum absolute atomic E-state index is 2.52. The summed E-state index contributed by atoms with van der Waals surface area (Å²) in [5.41, 5.74) is 0. The lowest BCUT2D eigenvalue weighted by atomic mass is 9.74. The topological polar surface area (TPSA) is 0 Å². The van der Waals surface area contributed by atoms with Crippen molar-refractivity contribution < 1.29 is 0 Å². The van der Waals surface area contributed by atoms with Crippen molar-refractivity contribution >= 4 is 0 Å². The third-order valence-electron chi connectivity index (χ3n) is 9.17. The summed E-state index contributed by atoms with van der Waals surface area (Å²) in [6.07, 6.45) is 31.3. The highest BCUT2D eigenvalue weighted by Gasteiger charge is 2.40. The van der Waals surface area contributed by atoms with E-state index in [-0.39, 0.29) is 0 Å².